The van der Waals surface area contributed by atoms with E-state index >= 15 is 4.39 Å². The summed E-state index contributed by atoms with van der Waals surface area (Å²) in [6.45, 7) is 3.66. The quantitative estimate of drug-likeness (QED) is 0.246. The van der Waals surface area contributed by atoms with E-state index < -0.39 is 17.8 Å². The Morgan fingerprint density at radius 3 is 2.54 bits per heavy atom. The van der Waals surface area contributed by atoms with Crippen molar-refractivity contribution in [3.8, 4) is 0 Å². The summed E-state index contributed by atoms with van der Waals surface area (Å²) in [6, 6.07) is 18.5. The molecule has 1 aromatic heterocycles. The predicted octanol–water partition coefficient (Wildman–Crippen LogP) is 7.25. The first kappa shape index (κ1) is 25.3. The molecule has 5 rings (SSSR count). The van der Waals surface area contributed by atoms with Gasteiger partial charge in [0.05, 0.1) is 5.57 Å². The molecule has 0 aliphatic carbocycles. The molecule has 2 N–H and O–H groups in total. The summed E-state index contributed by atoms with van der Waals surface area (Å²) in [5.41, 5.74) is 3.46. The van der Waals surface area contributed by atoms with Crippen molar-refractivity contribution in [2.45, 2.75) is 30.8 Å². The van der Waals surface area contributed by atoms with Gasteiger partial charge in [-0.05, 0) is 49.2 Å². The van der Waals surface area contributed by atoms with Crippen LogP contribution in [-0.2, 0) is 10.5 Å². The fourth-order valence-corrected chi connectivity index (χ4v) is 5.57. The predicted molar refractivity (Wildman–Crippen MR) is 147 cm³/mol. The second kappa shape index (κ2) is 10.6. The Hall–Kier alpha value is -3.33. The Kier molecular flexibility index (Phi) is 7.24. The van der Waals surface area contributed by atoms with Gasteiger partial charge >= 0.3 is 0 Å². The van der Waals surface area contributed by atoms with Crippen LogP contribution in [0.1, 0.15) is 29.7 Å². The van der Waals surface area contributed by atoms with Crippen molar-refractivity contribution < 1.29 is 9.18 Å². The van der Waals surface area contributed by atoms with Crippen LogP contribution in [0.2, 0.25) is 10.0 Å². The number of benzene rings is 3. The van der Waals surface area contributed by atoms with Gasteiger partial charge in [-0.1, -0.05) is 77.4 Å². The lowest BCUT2D eigenvalue weighted by Crippen LogP contribution is -2.32. The van der Waals surface area contributed by atoms with E-state index in [1.807, 2.05) is 55.5 Å². The third-order valence-electron chi connectivity index (χ3n) is 6.06. The van der Waals surface area contributed by atoms with Crippen molar-refractivity contribution in [2.24, 2.45) is 0 Å². The van der Waals surface area contributed by atoms with Gasteiger partial charge in [0, 0.05) is 32.7 Å². The highest BCUT2D eigenvalue weighted by Gasteiger charge is 2.37. The number of nitrogens with zero attached hydrogens (tertiary/aromatic N) is 3. The number of amides is 1. The Morgan fingerprint density at radius 1 is 1.05 bits per heavy atom. The molecule has 188 valence electrons. The number of hydrogen-bond acceptors (Lipinski definition) is 5. The lowest BCUT2D eigenvalue weighted by atomic mass is 9.94. The molecular formula is C27H22Cl2FN5OS. The number of anilines is 2. The first-order valence-corrected chi connectivity index (χ1v) is 13.2. The number of nitrogens with one attached hydrogen (secondary N) is 2. The van der Waals surface area contributed by atoms with Crippen LogP contribution in [0.4, 0.5) is 16.0 Å². The maximum atomic E-state index is 15.3. The number of para-hydroxylation sites is 1. The SMILES string of the molecule is CC1=C(C(=O)Nc2ccccc2C)C(c2c(F)cccc2Cl)n2nc(SCc3ccccc3Cl)nc2N1. The van der Waals surface area contributed by atoms with Gasteiger partial charge in [-0.3, -0.25) is 4.79 Å². The Morgan fingerprint density at radius 2 is 1.78 bits per heavy atom. The van der Waals surface area contributed by atoms with E-state index in [4.69, 9.17) is 23.2 Å². The molecule has 3 aromatic carbocycles. The van der Waals surface area contributed by atoms with Crippen molar-refractivity contribution in [3.63, 3.8) is 0 Å². The number of carbonyl (C=O) groups is 1. The number of rotatable bonds is 6. The van der Waals surface area contributed by atoms with Gasteiger partial charge in [-0.15, -0.1) is 5.10 Å². The fourth-order valence-electron chi connectivity index (χ4n) is 4.19. The molecular weight excluding hydrogens is 532 g/mol. The number of carbonyl (C=O) groups excluding carboxylic acids is 1. The molecule has 37 heavy (non-hydrogen) atoms. The van der Waals surface area contributed by atoms with Gasteiger partial charge < -0.3 is 10.6 Å². The smallest absolute Gasteiger partial charge is 0.255 e. The van der Waals surface area contributed by atoms with Crippen LogP contribution in [0.5, 0.6) is 0 Å². The number of fused-ring (bicyclic) bond motifs is 1. The lowest BCUT2D eigenvalue weighted by molar-refractivity contribution is -0.113. The molecule has 4 aromatic rings. The molecule has 2 heterocycles. The first-order valence-electron chi connectivity index (χ1n) is 11.4. The number of thioether (sulfide) groups is 1. The van der Waals surface area contributed by atoms with Crippen LogP contribution in [0.15, 0.2) is 83.2 Å². The molecule has 0 saturated heterocycles. The Bertz CT molecular complexity index is 1520. The van der Waals surface area contributed by atoms with Gasteiger partial charge in [0.2, 0.25) is 11.1 Å². The van der Waals surface area contributed by atoms with Crippen LogP contribution in [0.25, 0.3) is 0 Å². The van der Waals surface area contributed by atoms with Gasteiger partial charge in [-0.2, -0.15) is 4.98 Å². The largest absolute Gasteiger partial charge is 0.328 e. The highest BCUT2D eigenvalue weighted by molar-refractivity contribution is 7.98. The van der Waals surface area contributed by atoms with Crippen LogP contribution in [0.3, 0.4) is 0 Å². The number of aryl methyl sites for hydroxylation is 1. The fraction of sp³-hybridized carbons (Fsp3) is 0.148. The van der Waals surface area contributed by atoms with Crippen LogP contribution in [-0.4, -0.2) is 20.7 Å². The summed E-state index contributed by atoms with van der Waals surface area (Å²) in [5, 5.41) is 12.1. The minimum atomic E-state index is -0.934. The first-order chi connectivity index (χ1) is 17.8. The molecule has 0 radical (unpaired) electrons. The zero-order valence-electron chi connectivity index (χ0n) is 19.9. The van der Waals surface area contributed by atoms with E-state index in [9.17, 15) is 4.79 Å². The molecule has 6 nitrogen and oxygen atoms in total. The van der Waals surface area contributed by atoms with Crippen LogP contribution >= 0.6 is 35.0 Å². The number of allylic oxidation sites excluding steroid dienone is 1. The molecule has 1 aliphatic rings. The van der Waals surface area contributed by atoms with Gasteiger partial charge in [0.15, 0.2) is 0 Å². The standard InChI is InChI=1S/C27H22Cl2FN5OS/c1-15-8-3-6-13-21(15)32-25(36)22-16(2)31-26-33-27(37-14-17-9-4-5-10-18(17)28)34-35(26)24(22)23-19(29)11-7-12-20(23)30/h3-13,24H,14H2,1-2H3,(H,32,36)(H,31,33,34). The molecule has 1 atom stereocenters. The van der Waals surface area contributed by atoms with E-state index in [0.717, 1.165) is 11.1 Å². The molecule has 0 spiro atoms. The minimum absolute atomic E-state index is 0.147. The molecule has 1 aliphatic heterocycles. The van der Waals surface area contributed by atoms with Crippen molar-refractivity contribution in [1.82, 2.24) is 14.8 Å². The van der Waals surface area contributed by atoms with E-state index in [2.05, 4.69) is 20.7 Å². The summed E-state index contributed by atoms with van der Waals surface area (Å²) in [5.74, 6) is -0.00699. The molecule has 0 bridgehead atoms. The third kappa shape index (κ3) is 5.09. The summed E-state index contributed by atoms with van der Waals surface area (Å²) < 4.78 is 16.8. The number of halogens is 3. The number of hydrogen-bond donors (Lipinski definition) is 2. The van der Waals surface area contributed by atoms with Gasteiger partial charge in [-0.25, -0.2) is 9.07 Å². The molecule has 0 fully saturated rings. The van der Waals surface area contributed by atoms with Crippen LogP contribution < -0.4 is 10.6 Å². The van der Waals surface area contributed by atoms with Gasteiger partial charge in [0.25, 0.3) is 5.91 Å². The normalized spacial score (nSPS) is 14.8. The minimum Gasteiger partial charge on any atom is -0.328 e. The van der Waals surface area contributed by atoms with E-state index in [1.54, 1.807) is 13.0 Å². The average Bonchev–Trinajstić information content (AvgIpc) is 3.27. The van der Waals surface area contributed by atoms with Crippen molar-refractivity contribution >= 4 is 52.5 Å². The second-order valence-electron chi connectivity index (χ2n) is 8.51. The summed E-state index contributed by atoms with van der Waals surface area (Å²) >= 11 is 14.2. The van der Waals surface area contributed by atoms with Crippen LogP contribution in [0, 0.1) is 12.7 Å². The van der Waals surface area contributed by atoms with E-state index in [0.29, 0.717) is 33.3 Å². The maximum absolute atomic E-state index is 15.3. The molecule has 1 amide bonds. The maximum Gasteiger partial charge on any atom is 0.255 e. The van der Waals surface area contributed by atoms with Crippen molar-refractivity contribution in [3.05, 3.63) is 111 Å². The molecule has 10 heteroatoms. The average molecular weight is 554 g/mol. The molecule has 1 unspecified atom stereocenters. The van der Waals surface area contributed by atoms with Crippen molar-refractivity contribution in [1.29, 1.82) is 0 Å². The third-order valence-corrected chi connectivity index (χ3v) is 7.64. The monoisotopic (exact) mass is 553 g/mol. The zero-order chi connectivity index (χ0) is 26.1. The van der Waals surface area contributed by atoms with E-state index in [1.165, 1.54) is 28.6 Å². The Labute approximate surface area is 227 Å². The zero-order valence-corrected chi connectivity index (χ0v) is 22.3. The molecule has 0 saturated carbocycles. The summed E-state index contributed by atoms with van der Waals surface area (Å²) in [7, 11) is 0. The van der Waals surface area contributed by atoms with Gasteiger partial charge in [0.1, 0.15) is 11.9 Å². The second-order valence-corrected chi connectivity index (χ2v) is 10.3. The lowest BCUT2D eigenvalue weighted by Gasteiger charge is -2.29. The Balaban J connectivity index is 1.55. The summed E-state index contributed by atoms with van der Waals surface area (Å²) in [6.07, 6.45) is 0. The van der Waals surface area contributed by atoms with Crippen molar-refractivity contribution in [2.75, 3.05) is 10.6 Å². The topological polar surface area (TPSA) is 71.8 Å². The van der Waals surface area contributed by atoms with E-state index in [-0.39, 0.29) is 16.2 Å². The summed E-state index contributed by atoms with van der Waals surface area (Å²) in [4.78, 5) is 18.2. The highest BCUT2D eigenvalue weighted by Crippen LogP contribution is 2.40. The highest BCUT2D eigenvalue weighted by atomic mass is 35.5. The number of aromatic nitrogens is 3.